The highest BCUT2D eigenvalue weighted by molar-refractivity contribution is 7.15. The van der Waals surface area contributed by atoms with E-state index in [-0.39, 0.29) is 0 Å². The first-order chi connectivity index (χ1) is 9.15. The SMILES string of the molecule is CCNC(C)c1sc(N2CCCC(OC)C2)nc1C. The third-order valence-electron chi connectivity index (χ3n) is 3.71. The lowest BCUT2D eigenvalue weighted by molar-refractivity contribution is 0.0893. The zero-order chi connectivity index (χ0) is 13.8. The maximum atomic E-state index is 5.49. The molecule has 0 saturated carbocycles. The Balaban J connectivity index is 2.10. The number of methoxy groups -OCH3 is 1. The summed E-state index contributed by atoms with van der Waals surface area (Å²) in [5, 5.41) is 4.62. The summed E-state index contributed by atoms with van der Waals surface area (Å²) in [7, 11) is 1.81. The number of piperidine rings is 1. The second-order valence-corrected chi connectivity index (χ2v) is 6.18. The Labute approximate surface area is 120 Å². The van der Waals surface area contributed by atoms with E-state index in [1.54, 1.807) is 7.11 Å². The van der Waals surface area contributed by atoms with Gasteiger partial charge in [0, 0.05) is 31.1 Å². The number of nitrogens with zero attached hydrogens (tertiary/aromatic N) is 2. The summed E-state index contributed by atoms with van der Waals surface area (Å²) in [6.07, 6.45) is 2.71. The molecule has 1 N–H and O–H groups in total. The summed E-state index contributed by atoms with van der Waals surface area (Å²) in [4.78, 5) is 8.49. The standard InChI is InChI=1S/C14H25N3OS/c1-5-15-10(2)13-11(3)16-14(19-13)17-8-6-7-12(9-17)18-4/h10,12,15H,5-9H2,1-4H3. The average Bonchev–Trinajstić information content (AvgIpc) is 2.81. The Bertz CT molecular complexity index is 407. The molecule has 0 aliphatic carbocycles. The van der Waals surface area contributed by atoms with Gasteiger partial charge < -0.3 is 15.0 Å². The fourth-order valence-corrected chi connectivity index (χ4v) is 3.76. The van der Waals surface area contributed by atoms with Gasteiger partial charge in [0.25, 0.3) is 0 Å². The van der Waals surface area contributed by atoms with Crippen molar-refractivity contribution in [1.29, 1.82) is 0 Å². The first kappa shape index (κ1) is 14.8. The molecule has 2 heterocycles. The lowest BCUT2D eigenvalue weighted by atomic mass is 10.1. The Hall–Kier alpha value is -0.650. The highest BCUT2D eigenvalue weighted by atomic mass is 32.1. The molecule has 5 heteroatoms. The Kier molecular flexibility index (Phi) is 5.19. The van der Waals surface area contributed by atoms with E-state index in [0.717, 1.165) is 36.9 Å². The molecular formula is C14H25N3OS. The average molecular weight is 283 g/mol. The van der Waals surface area contributed by atoms with Crippen molar-refractivity contribution in [2.24, 2.45) is 0 Å². The zero-order valence-electron chi connectivity index (χ0n) is 12.4. The predicted octanol–water partition coefficient (Wildman–Crippen LogP) is 2.74. The molecular weight excluding hydrogens is 258 g/mol. The summed E-state index contributed by atoms with van der Waals surface area (Å²) in [6, 6.07) is 0.388. The number of anilines is 1. The van der Waals surface area contributed by atoms with Crippen LogP contribution in [0.4, 0.5) is 5.13 Å². The highest BCUT2D eigenvalue weighted by Crippen LogP contribution is 2.32. The van der Waals surface area contributed by atoms with E-state index in [1.165, 1.54) is 11.3 Å². The van der Waals surface area contributed by atoms with Crippen LogP contribution in [0.5, 0.6) is 0 Å². The van der Waals surface area contributed by atoms with Crippen LogP contribution in [-0.2, 0) is 4.74 Å². The van der Waals surface area contributed by atoms with E-state index < -0.39 is 0 Å². The number of aromatic nitrogens is 1. The molecule has 0 spiro atoms. The molecule has 1 aromatic rings. The third kappa shape index (κ3) is 3.46. The van der Waals surface area contributed by atoms with Gasteiger partial charge in [0.05, 0.1) is 11.8 Å². The maximum Gasteiger partial charge on any atom is 0.185 e. The van der Waals surface area contributed by atoms with Crippen molar-refractivity contribution in [3.05, 3.63) is 10.6 Å². The first-order valence-corrected chi connectivity index (χ1v) is 7.95. The van der Waals surface area contributed by atoms with E-state index in [2.05, 4.69) is 31.0 Å². The van der Waals surface area contributed by atoms with Crippen molar-refractivity contribution in [3.63, 3.8) is 0 Å². The van der Waals surface area contributed by atoms with Gasteiger partial charge in [-0.3, -0.25) is 0 Å². The second-order valence-electron chi connectivity index (χ2n) is 5.17. The van der Waals surface area contributed by atoms with Gasteiger partial charge in [0.1, 0.15) is 0 Å². The number of hydrogen-bond acceptors (Lipinski definition) is 5. The second kappa shape index (κ2) is 6.68. The van der Waals surface area contributed by atoms with Gasteiger partial charge in [-0.15, -0.1) is 11.3 Å². The quantitative estimate of drug-likeness (QED) is 0.901. The number of thiazole rings is 1. The Morgan fingerprint density at radius 1 is 1.58 bits per heavy atom. The normalized spacial score (nSPS) is 21.7. The zero-order valence-corrected chi connectivity index (χ0v) is 13.2. The molecule has 1 fully saturated rings. The molecule has 108 valence electrons. The molecule has 0 amide bonds. The van der Waals surface area contributed by atoms with Crippen LogP contribution < -0.4 is 10.2 Å². The molecule has 4 nitrogen and oxygen atoms in total. The van der Waals surface area contributed by atoms with Gasteiger partial charge in [0.2, 0.25) is 0 Å². The van der Waals surface area contributed by atoms with Crippen molar-refractivity contribution in [2.75, 3.05) is 31.6 Å². The van der Waals surface area contributed by atoms with Crippen LogP contribution in [0, 0.1) is 6.92 Å². The fourth-order valence-electron chi connectivity index (χ4n) is 2.63. The Morgan fingerprint density at radius 2 is 2.37 bits per heavy atom. The van der Waals surface area contributed by atoms with Crippen LogP contribution in [0.2, 0.25) is 0 Å². The van der Waals surface area contributed by atoms with Crippen LogP contribution in [0.1, 0.15) is 43.3 Å². The molecule has 1 saturated heterocycles. The minimum atomic E-state index is 0.354. The first-order valence-electron chi connectivity index (χ1n) is 7.14. The maximum absolute atomic E-state index is 5.49. The monoisotopic (exact) mass is 283 g/mol. The molecule has 0 aromatic carbocycles. The van der Waals surface area contributed by atoms with Crippen molar-refractivity contribution in [1.82, 2.24) is 10.3 Å². The minimum Gasteiger partial charge on any atom is -0.380 e. The fraction of sp³-hybridized carbons (Fsp3) is 0.786. The third-order valence-corrected chi connectivity index (χ3v) is 5.11. The molecule has 0 radical (unpaired) electrons. The smallest absolute Gasteiger partial charge is 0.185 e. The largest absolute Gasteiger partial charge is 0.380 e. The number of nitrogens with one attached hydrogen (secondary N) is 1. The van der Waals surface area contributed by atoms with Crippen LogP contribution >= 0.6 is 11.3 Å². The van der Waals surface area contributed by atoms with E-state index in [0.29, 0.717) is 12.1 Å². The predicted molar refractivity (Wildman–Crippen MR) is 81.2 cm³/mol. The lowest BCUT2D eigenvalue weighted by Crippen LogP contribution is -2.39. The van der Waals surface area contributed by atoms with E-state index >= 15 is 0 Å². The van der Waals surface area contributed by atoms with Gasteiger partial charge in [-0.25, -0.2) is 4.98 Å². The number of hydrogen-bond donors (Lipinski definition) is 1. The Morgan fingerprint density at radius 3 is 3.05 bits per heavy atom. The molecule has 19 heavy (non-hydrogen) atoms. The minimum absolute atomic E-state index is 0.354. The molecule has 0 bridgehead atoms. The van der Waals surface area contributed by atoms with E-state index in [4.69, 9.17) is 9.72 Å². The van der Waals surface area contributed by atoms with Crippen molar-refractivity contribution in [3.8, 4) is 0 Å². The van der Waals surface area contributed by atoms with Crippen molar-refractivity contribution < 1.29 is 4.74 Å². The van der Waals surface area contributed by atoms with Crippen LogP contribution in [0.25, 0.3) is 0 Å². The van der Waals surface area contributed by atoms with Gasteiger partial charge in [-0.05, 0) is 33.2 Å². The van der Waals surface area contributed by atoms with Gasteiger partial charge in [-0.1, -0.05) is 6.92 Å². The molecule has 1 aromatic heterocycles. The highest BCUT2D eigenvalue weighted by Gasteiger charge is 2.23. The molecule has 1 aliphatic heterocycles. The van der Waals surface area contributed by atoms with Gasteiger partial charge >= 0.3 is 0 Å². The summed E-state index contributed by atoms with van der Waals surface area (Å²) in [5.74, 6) is 0. The van der Waals surface area contributed by atoms with Crippen LogP contribution in [-0.4, -0.2) is 37.8 Å². The van der Waals surface area contributed by atoms with Crippen LogP contribution in [0.3, 0.4) is 0 Å². The summed E-state index contributed by atoms with van der Waals surface area (Å²) in [6.45, 7) is 9.52. The number of ether oxygens (including phenoxy) is 1. The van der Waals surface area contributed by atoms with Gasteiger partial charge in [-0.2, -0.15) is 0 Å². The van der Waals surface area contributed by atoms with E-state index in [1.807, 2.05) is 11.3 Å². The summed E-state index contributed by atoms with van der Waals surface area (Å²) >= 11 is 1.82. The van der Waals surface area contributed by atoms with Crippen LogP contribution in [0.15, 0.2) is 0 Å². The summed E-state index contributed by atoms with van der Waals surface area (Å²) < 4.78 is 5.49. The van der Waals surface area contributed by atoms with Crippen molar-refractivity contribution in [2.45, 2.75) is 45.8 Å². The lowest BCUT2D eigenvalue weighted by Gasteiger charge is -2.31. The van der Waals surface area contributed by atoms with Crippen molar-refractivity contribution >= 4 is 16.5 Å². The molecule has 2 unspecified atom stereocenters. The van der Waals surface area contributed by atoms with Gasteiger partial charge in [0.15, 0.2) is 5.13 Å². The molecule has 2 atom stereocenters. The number of rotatable bonds is 5. The molecule has 1 aliphatic rings. The topological polar surface area (TPSA) is 37.4 Å². The summed E-state index contributed by atoms with van der Waals surface area (Å²) in [5.41, 5.74) is 1.16. The molecule has 2 rings (SSSR count). The van der Waals surface area contributed by atoms with E-state index in [9.17, 15) is 0 Å². The number of aryl methyl sites for hydroxylation is 1.